The van der Waals surface area contributed by atoms with E-state index < -0.39 is 0 Å². The molecule has 0 fully saturated rings. The molecule has 1 N–H and O–H groups in total. The van der Waals surface area contributed by atoms with E-state index in [0.717, 1.165) is 9.77 Å². The standard InChI is InChI=1S/C7H9NOS2/c1-8-7(9)6-5(10-2)3-4-11-6/h3-4H,1-2H3,(H,8,9). The molecule has 1 rings (SSSR count). The van der Waals surface area contributed by atoms with Crippen LogP contribution in [0.25, 0.3) is 0 Å². The monoisotopic (exact) mass is 187 g/mol. The zero-order valence-corrected chi connectivity index (χ0v) is 8.01. The van der Waals surface area contributed by atoms with Gasteiger partial charge in [0.25, 0.3) is 5.91 Å². The van der Waals surface area contributed by atoms with Crippen molar-refractivity contribution in [2.24, 2.45) is 0 Å². The Balaban J connectivity index is 2.92. The van der Waals surface area contributed by atoms with E-state index in [-0.39, 0.29) is 5.91 Å². The average molecular weight is 187 g/mol. The minimum absolute atomic E-state index is 0.00403. The second-order valence-electron chi connectivity index (χ2n) is 1.90. The molecule has 1 aromatic heterocycles. The maximum Gasteiger partial charge on any atom is 0.262 e. The molecule has 0 aromatic carbocycles. The van der Waals surface area contributed by atoms with Gasteiger partial charge in [-0.1, -0.05) is 0 Å². The van der Waals surface area contributed by atoms with Crippen LogP contribution in [0.1, 0.15) is 9.67 Å². The zero-order chi connectivity index (χ0) is 8.27. The quantitative estimate of drug-likeness (QED) is 0.716. The summed E-state index contributed by atoms with van der Waals surface area (Å²) in [6, 6.07) is 1.96. The van der Waals surface area contributed by atoms with E-state index >= 15 is 0 Å². The highest BCUT2D eigenvalue weighted by molar-refractivity contribution is 7.98. The molecule has 60 valence electrons. The van der Waals surface area contributed by atoms with E-state index in [2.05, 4.69) is 5.32 Å². The van der Waals surface area contributed by atoms with Gasteiger partial charge in [-0.3, -0.25) is 4.79 Å². The van der Waals surface area contributed by atoms with Crippen molar-refractivity contribution in [2.75, 3.05) is 13.3 Å². The predicted octanol–water partition coefficient (Wildman–Crippen LogP) is 1.83. The van der Waals surface area contributed by atoms with Crippen molar-refractivity contribution in [3.8, 4) is 0 Å². The first-order valence-corrected chi connectivity index (χ1v) is 5.23. The second-order valence-corrected chi connectivity index (χ2v) is 3.66. The smallest absolute Gasteiger partial charge is 0.262 e. The van der Waals surface area contributed by atoms with Gasteiger partial charge in [0, 0.05) is 11.9 Å². The van der Waals surface area contributed by atoms with Gasteiger partial charge in [0.05, 0.1) is 0 Å². The Morgan fingerprint density at radius 1 is 1.73 bits per heavy atom. The summed E-state index contributed by atoms with van der Waals surface area (Å²) >= 11 is 3.07. The molecule has 0 spiro atoms. The van der Waals surface area contributed by atoms with E-state index in [1.165, 1.54) is 11.3 Å². The maximum absolute atomic E-state index is 11.1. The van der Waals surface area contributed by atoms with Gasteiger partial charge in [-0.2, -0.15) is 0 Å². The van der Waals surface area contributed by atoms with Crippen LogP contribution in [-0.2, 0) is 0 Å². The summed E-state index contributed by atoms with van der Waals surface area (Å²) in [6.45, 7) is 0. The van der Waals surface area contributed by atoms with Crippen LogP contribution in [0.2, 0.25) is 0 Å². The van der Waals surface area contributed by atoms with Gasteiger partial charge in [-0.05, 0) is 17.7 Å². The Labute approximate surface area is 74.0 Å². The van der Waals surface area contributed by atoms with Gasteiger partial charge in [0.2, 0.25) is 0 Å². The number of carbonyl (C=O) groups is 1. The lowest BCUT2D eigenvalue weighted by molar-refractivity contribution is 0.0964. The fourth-order valence-corrected chi connectivity index (χ4v) is 2.43. The van der Waals surface area contributed by atoms with E-state index in [9.17, 15) is 4.79 Å². The van der Waals surface area contributed by atoms with Gasteiger partial charge >= 0.3 is 0 Å². The summed E-state index contributed by atoms with van der Waals surface area (Å²) in [4.78, 5) is 13.0. The van der Waals surface area contributed by atoms with Crippen LogP contribution in [0.5, 0.6) is 0 Å². The van der Waals surface area contributed by atoms with Gasteiger partial charge in [-0.25, -0.2) is 0 Å². The van der Waals surface area contributed by atoms with Crippen LogP contribution in [0.3, 0.4) is 0 Å². The number of thioether (sulfide) groups is 1. The molecule has 2 nitrogen and oxygen atoms in total. The second kappa shape index (κ2) is 3.78. The molecule has 0 aliphatic heterocycles. The Morgan fingerprint density at radius 3 is 3.00 bits per heavy atom. The summed E-state index contributed by atoms with van der Waals surface area (Å²) < 4.78 is 0. The Kier molecular flexibility index (Phi) is 2.96. The summed E-state index contributed by atoms with van der Waals surface area (Å²) in [5, 5.41) is 4.53. The Morgan fingerprint density at radius 2 is 2.45 bits per heavy atom. The lowest BCUT2D eigenvalue weighted by Crippen LogP contribution is -2.16. The van der Waals surface area contributed by atoms with Crippen LogP contribution in [0.4, 0.5) is 0 Å². The molecule has 0 unspecified atom stereocenters. The molecule has 1 aromatic rings. The molecule has 0 radical (unpaired) electrons. The molecule has 0 bridgehead atoms. The summed E-state index contributed by atoms with van der Waals surface area (Å²) in [5.41, 5.74) is 0. The van der Waals surface area contributed by atoms with E-state index in [0.29, 0.717) is 0 Å². The first-order valence-electron chi connectivity index (χ1n) is 3.13. The minimum atomic E-state index is 0.00403. The Hall–Kier alpha value is -0.480. The molecule has 1 amide bonds. The van der Waals surface area contributed by atoms with Gasteiger partial charge in [-0.15, -0.1) is 23.1 Å². The van der Waals surface area contributed by atoms with Crippen LogP contribution >= 0.6 is 23.1 Å². The minimum Gasteiger partial charge on any atom is -0.354 e. The van der Waals surface area contributed by atoms with Gasteiger partial charge in [0.15, 0.2) is 0 Å². The topological polar surface area (TPSA) is 29.1 Å². The van der Waals surface area contributed by atoms with Crippen molar-refractivity contribution >= 4 is 29.0 Å². The van der Waals surface area contributed by atoms with Crippen molar-refractivity contribution in [3.63, 3.8) is 0 Å². The number of nitrogens with one attached hydrogen (secondary N) is 1. The fraction of sp³-hybridized carbons (Fsp3) is 0.286. The van der Waals surface area contributed by atoms with Crippen LogP contribution < -0.4 is 5.32 Å². The molecular weight excluding hydrogens is 178 g/mol. The molecule has 4 heteroatoms. The number of rotatable bonds is 2. The lowest BCUT2D eigenvalue weighted by Gasteiger charge is -1.97. The molecule has 11 heavy (non-hydrogen) atoms. The third-order valence-corrected chi connectivity index (χ3v) is 3.10. The van der Waals surface area contributed by atoms with Crippen LogP contribution in [-0.4, -0.2) is 19.2 Å². The summed E-state index contributed by atoms with van der Waals surface area (Å²) in [5.74, 6) is 0.00403. The molecule has 0 atom stereocenters. The number of carbonyl (C=O) groups excluding carboxylic acids is 1. The highest BCUT2D eigenvalue weighted by Gasteiger charge is 2.09. The molecule has 0 saturated heterocycles. The first kappa shape index (κ1) is 8.62. The number of hydrogen-bond donors (Lipinski definition) is 1. The molecule has 0 aliphatic rings. The molecule has 0 aliphatic carbocycles. The highest BCUT2D eigenvalue weighted by Crippen LogP contribution is 2.24. The fourth-order valence-electron chi connectivity index (χ4n) is 0.737. The van der Waals surface area contributed by atoms with Crippen molar-refractivity contribution in [1.82, 2.24) is 5.32 Å². The van der Waals surface area contributed by atoms with Gasteiger partial charge < -0.3 is 5.32 Å². The molecule has 0 saturated carbocycles. The van der Waals surface area contributed by atoms with Crippen molar-refractivity contribution in [1.29, 1.82) is 0 Å². The third-order valence-electron chi connectivity index (χ3n) is 1.28. The van der Waals surface area contributed by atoms with E-state index in [1.807, 2.05) is 17.7 Å². The molecular formula is C7H9NOS2. The normalized spacial score (nSPS) is 9.64. The number of thiophene rings is 1. The molecule has 1 heterocycles. The Bertz CT molecular complexity index is 257. The SMILES string of the molecule is CNC(=O)c1sccc1SC. The van der Waals surface area contributed by atoms with Crippen molar-refractivity contribution < 1.29 is 4.79 Å². The maximum atomic E-state index is 11.1. The number of hydrogen-bond acceptors (Lipinski definition) is 3. The largest absolute Gasteiger partial charge is 0.354 e. The number of amides is 1. The summed E-state index contributed by atoms with van der Waals surface area (Å²) in [7, 11) is 1.64. The first-order chi connectivity index (χ1) is 5.29. The van der Waals surface area contributed by atoms with E-state index in [1.54, 1.807) is 18.8 Å². The zero-order valence-electron chi connectivity index (χ0n) is 6.38. The summed E-state index contributed by atoms with van der Waals surface area (Å²) in [6.07, 6.45) is 1.97. The van der Waals surface area contributed by atoms with Crippen molar-refractivity contribution in [2.45, 2.75) is 4.90 Å². The van der Waals surface area contributed by atoms with Gasteiger partial charge in [0.1, 0.15) is 4.88 Å². The van der Waals surface area contributed by atoms with Crippen molar-refractivity contribution in [3.05, 3.63) is 16.3 Å². The van der Waals surface area contributed by atoms with Crippen LogP contribution in [0, 0.1) is 0 Å². The third kappa shape index (κ3) is 1.75. The average Bonchev–Trinajstić information content (AvgIpc) is 2.50. The van der Waals surface area contributed by atoms with Crippen LogP contribution in [0.15, 0.2) is 16.3 Å². The highest BCUT2D eigenvalue weighted by atomic mass is 32.2. The predicted molar refractivity (Wildman–Crippen MR) is 49.5 cm³/mol. The lowest BCUT2D eigenvalue weighted by atomic mass is 10.4. The van der Waals surface area contributed by atoms with E-state index in [4.69, 9.17) is 0 Å².